The topological polar surface area (TPSA) is 71.3 Å². The molecule has 4 rings (SSSR count). The zero-order valence-electron chi connectivity index (χ0n) is 16.9. The van der Waals surface area contributed by atoms with Crippen LogP contribution in [0, 0.1) is 5.92 Å². The summed E-state index contributed by atoms with van der Waals surface area (Å²) in [5.41, 5.74) is -0.233. The molecular formula is C20H22F3N5O2. The van der Waals surface area contributed by atoms with Crippen LogP contribution in [0.5, 0.6) is 0 Å². The van der Waals surface area contributed by atoms with Crippen molar-refractivity contribution in [3.8, 4) is 11.3 Å². The highest BCUT2D eigenvalue weighted by atomic mass is 19.4. The van der Waals surface area contributed by atoms with Crippen LogP contribution in [0.2, 0.25) is 0 Å². The minimum atomic E-state index is -4.63. The highest BCUT2D eigenvalue weighted by Crippen LogP contribution is 2.37. The molecule has 0 unspecified atom stereocenters. The minimum absolute atomic E-state index is 0.0158. The van der Waals surface area contributed by atoms with Crippen LogP contribution in [0.4, 0.5) is 19.1 Å². The Kier molecular flexibility index (Phi) is 4.82. The van der Waals surface area contributed by atoms with E-state index in [1.807, 2.05) is 0 Å². The van der Waals surface area contributed by atoms with Gasteiger partial charge in [0.1, 0.15) is 0 Å². The molecule has 1 fully saturated rings. The predicted molar refractivity (Wildman–Crippen MR) is 104 cm³/mol. The molecule has 10 heteroatoms. The third kappa shape index (κ3) is 3.66. The van der Waals surface area contributed by atoms with Gasteiger partial charge in [-0.3, -0.25) is 9.59 Å². The van der Waals surface area contributed by atoms with Gasteiger partial charge in [0, 0.05) is 63.9 Å². The first kappa shape index (κ1) is 20.4. The lowest BCUT2D eigenvalue weighted by Crippen LogP contribution is -2.48. The van der Waals surface area contributed by atoms with E-state index >= 15 is 0 Å². The SMILES string of the molecule is CC(=O)N1C[C@@H]2C[C@H](C1)c1cc(-c3cc(C(F)(F)F)nc(N(C)C)n3)cc(=O)n1C2. The molecular weight excluding hydrogens is 399 g/mol. The first-order valence-electron chi connectivity index (χ1n) is 9.67. The molecule has 0 aliphatic carbocycles. The number of anilines is 1. The number of rotatable bonds is 2. The van der Waals surface area contributed by atoms with E-state index < -0.39 is 11.9 Å². The summed E-state index contributed by atoms with van der Waals surface area (Å²) in [6, 6.07) is 3.93. The van der Waals surface area contributed by atoms with E-state index in [2.05, 4.69) is 9.97 Å². The van der Waals surface area contributed by atoms with Crippen molar-refractivity contribution in [1.82, 2.24) is 19.4 Å². The molecule has 2 aliphatic rings. The summed E-state index contributed by atoms with van der Waals surface area (Å²) in [6.07, 6.45) is -3.79. The summed E-state index contributed by atoms with van der Waals surface area (Å²) in [6.45, 7) is 3.13. The molecule has 1 saturated heterocycles. The fourth-order valence-electron chi connectivity index (χ4n) is 4.29. The molecule has 30 heavy (non-hydrogen) atoms. The number of aromatic nitrogens is 3. The second-order valence-corrected chi connectivity index (χ2v) is 8.17. The second kappa shape index (κ2) is 7.10. The number of halogens is 3. The van der Waals surface area contributed by atoms with E-state index in [-0.39, 0.29) is 34.9 Å². The van der Waals surface area contributed by atoms with Gasteiger partial charge in [0.2, 0.25) is 11.9 Å². The molecule has 160 valence electrons. The van der Waals surface area contributed by atoms with E-state index in [9.17, 15) is 22.8 Å². The molecule has 4 heterocycles. The Labute approximate surface area is 171 Å². The summed E-state index contributed by atoms with van der Waals surface area (Å²) in [4.78, 5) is 35.6. The number of fused-ring (bicyclic) bond motifs is 4. The molecule has 7 nitrogen and oxygen atoms in total. The van der Waals surface area contributed by atoms with E-state index in [0.29, 0.717) is 25.2 Å². The third-order valence-electron chi connectivity index (χ3n) is 5.70. The summed E-state index contributed by atoms with van der Waals surface area (Å²) in [5.74, 6) is 0.0576. The van der Waals surface area contributed by atoms with Gasteiger partial charge in [0.25, 0.3) is 5.56 Å². The monoisotopic (exact) mass is 421 g/mol. The van der Waals surface area contributed by atoms with E-state index in [0.717, 1.165) is 18.2 Å². The van der Waals surface area contributed by atoms with Crippen LogP contribution in [-0.2, 0) is 17.5 Å². The standard InChI is InChI=1S/C20H22F3N5O2/c1-11(29)27-8-12-4-14(10-27)16-5-13(6-18(30)28(16)9-12)15-7-17(20(21,22)23)25-19(24-15)26(2)3/h5-7,12,14H,4,8-10H2,1-3H3/t12-,14+/m0/s1. The zero-order chi connectivity index (χ0) is 21.8. The highest BCUT2D eigenvalue weighted by molar-refractivity contribution is 5.73. The molecule has 0 radical (unpaired) electrons. The molecule has 2 aromatic heterocycles. The molecule has 0 N–H and O–H groups in total. The quantitative estimate of drug-likeness (QED) is 0.745. The van der Waals surface area contributed by atoms with E-state index in [1.165, 1.54) is 17.9 Å². The van der Waals surface area contributed by atoms with Gasteiger partial charge in [0.15, 0.2) is 5.69 Å². The first-order valence-corrected chi connectivity index (χ1v) is 9.67. The second-order valence-electron chi connectivity index (χ2n) is 8.17. The molecule has 2 atom stereocenters. The number of nitrogens with zero attached hydrogens (tertiary/aromatic N) is 5. The molecule has 0 aromatic carbocycles. The van der Waals surface area contributed by atoms with Gasteiger partial charge >= 0.3 is 6.18 Å². The number of alkyl halides is 3. The largest absolute Gasteiger partial charge is 0.433 e. The van der Waals surface area contributed by atoms with Crippen molar-refractivity contribution in [3.63, 3.8) is 0 Å². The number of piperidine rings is 1. The maximum atomic E-state index is 13.4. The van der Waals surface area contributed by atoms with Crippen molar-refractivity contribution in [1.29, 1.82) is 0 Å². The first-order chi connectivity index (χ1) is 14.0. The van der Waals surface area contributed by atoms with Crippen LogP contribution in [0.25, 0.3) is 11.3 Å². The zero-order valence-corrected chi connectivity index (χ0v) is 16.9. The van der Waals surface area contributed by atoms with Crippen LogP contribution in [0.3, 0.4) is 0 Å². The lowest BCUT2D eigenvalue weighted by Gasteiger charge is -2.42. The van der Waals surface area contributed by atoms with Crippen LogP contribution in [0.1, 0.15) is 30.7 Å². The van der Waals surface area contributed by atoms with Gasteiger partial charge in [-0.25, -0.2) is 9.97 Å². The third-order valence-corrected chi connectivity index (χ3v) is 5.70. The normalized spacial score (nSPS) is 20.7. The Morgan fingerprint density at radius 3 is 2.50 bits per heavy atom. The summed E-state index contributed by atoms with van der Waals surface area (Å²) >= 11 is 0. The van der Waals surface area contributed by atoms with Gasteiger partial charge in [-0.15, -0.1) is 0 Å². The lowest BCUT2D eigenvalue weighted by atomic mass is 9.82. The van der Waals surface area contributed by atoms with Gasteiger partial charge in [-0.1, -0.05) is 0 Å². The number of pyridine rings is 1. The molecule has 2 aromatic rings. The molecule has 0 saturated carbocycles. The average Bonchev–Trinajstić information content (AvgIpc) is 2.67. The minimum Gasteiger partial charge on any atom is -0.347 e. The van der Waals surface area contributed by atoms with Gasteiger partial charge in [-0.05, 0) is 24.5 Å². The van der Waals surface area contributed by atoms with Crippen LogP contribution < -0.4 is 10.5 Å². The molecule has 2 bridgehead atoms. The summed E-state index contributed by atoms with van der Waals surface area (Å²) in [5, 5.41) is 0. The van der Waals surface area contributed by atoms with Gasteiger partial charge in [-0.2, -0.15) is 13.2 Å². The van der Waals surface area contributed by atoms with Crippen molar-refractivity contribution in [2.75, 3.05) is 32.1 Å². The fraction of sp³-hybridized carbons (Fsp3) is 0.500. The summed E-state index contributed by atoms with van der Waals surface area (Å²) < 4.78 is 41.7. The number of carbonyl (C=O) groups excluding carboxylic acids is 1. The Morgan fingerprint density at radius 2 is 1.87 bits per heavy atom. The predicted octanol–water partition coefficient (Wildman–Crippen LogP) is 2.36. The number of hydrogen-bond donors (Lipinski definition) is 0. The molecule has 0 spiro atoms. The Bertz CT molecular complexity index is 1060. The van der Waals surface area contributed by atoms with E-state index in [4.69, 9.17) is 0 Å². The number of hydrogen-bond acceptors (Lipinski definition) is 5. The van der Waals surface area contributed by atoms with Gasteiger partial charge in [0.05, 0.1) is 5.69 Å². The maximum Gasteiger partial charge on any atom is 0.433 e. The lowest BCUT2D eigenvalue weighted by molar-refractivity contribution is -0.141. The Balaban J connectivity index is 1.82. The van der Waals surface area contributed by atoms with Crippen LogP contribution >= 0.6 is 0 Å². The van der Waals surface area contributed by atoms with Crippen molar-refractivity contribution in [3.05, 3.63) is 39.9 Å². The maximum absolute atomic E-state index is 13.4. The fourth-order valence-corrected chi connectivity index (χ4v) is 4.29. The summed E-state index contributed by atoms with van der Waals surface area (Å²) in [7, 11) is 3.11. The molecule has 2 aliphatic heterocycles. The van der Waals surface area contributed by atoms with Crippen LogP contribution in [-0.4, -0.2) is 52.5 Å². The van der Waals surface area contributed by atoms with Crippen molar-refractivity contribution < 1.29 is 18.0 Å². The van der Waals surface area contributed by atoms with Crippen molar-refractivity contribution in [2.24, 2.45) is 5.92 Å². The van der Waals surface area contributed by atoms with Gasteiger partial charge < -0.3 is 14.4 Å². The van der Waals surface area contributed by atoms with Crippen molar-refractivity contribution >= 4 is 11.9 Å². The van der Waals surface area contributed by atoms with Crippen molar-refractivity contribution in [2.45, 2.75) is 32.0 Å². The highest BCUT2D eigenvalue weighted by Gasteiger charge is 2.37. The number of amides is 1. The number of carbonyl (C=O) groups is 1. The number of likely N-dealkylation sites (tertiary alicyclic amines) is 1. The Hall–Kier alpha value is -2.91. The average molecular weight is 421 g/mol. The smallest absolute Gasteiger partial charge is 0.347 e. The molecule has 1 amide bonds. The van der Waals surface area contributed by atoms with E-state index in [1.54, 1.807) is 29.6 Å². The van der Waals surface area contributed by atoms with Crippen LogP contribution in [0.15, 0.2) is 23.0 Å². The Morgan fingerprint density at radius 1 is 1.13 bits per heavy atom.